The smallest absolute Gasteiger partial charge is 0.0763 e. The first-order valence-corrected chi connectivity index (χ1v) is 4.00. The molecule has 0 fully saturated rings. The average molecular weight is 170 g/mol. The molecule has 0 saturated heterocycles. The maximum Gasteiger partial charge on any atom is 0.0763 e. The molecule has 0 aromatic heterocycles. The number of aliphatic imine (C=N–C) groups is 1. The van der Waals surface area contributed by atoms with Crippen LogP contribution in [0.2, 0.25) is 0 Å². The molecule has 0 aromatic rings. The Morgan fingerprint density at radius 2 is 2.17 bits per heavy atom. The summed E-state index contributed by atoms with van der Waals surface area (Å²) in [6, 6.07) is 0. The summed E-state index contributed by atoms with van der Waals surface area (Å²) in [6.07, 6.45) is 3.60. The van der Waals surface area contributed by atoms with Gasteiger partial charge in [0.05, 0.1) is 5.60 Å². The molecule has 70 valence electrons. The Morgan fingerprint density at radius 3 is 2.58 bits per heavy atom. The van der Waals surface area contributed by atoms with Gasteiger partial charge in [-0.25, -0.2) is 0 Å². The normalized spacial score (nSPS) is 13.9. The van der Waals surface area contributed by atoms with Gasteiger partial charge in [-0.1, -0.05) is 0 Å². The van der Waals surface area contributed by atoms with Crippen molar-refractivity contribution in [2.24, 2.45) is 4.99 Å². The van der Waals surface area contributed by atoms with Gasteiger partial charge in [0.25, 0.3) is 0 Å². The molecular weight excluding hydrogens is 152 g/mol. The van der Waals surface area contributed by atoms with Crippen molar-refractivity contribution in [3.05, 3.63) is 11.8 Å². The Balaban J connectivity index is 3.75. The summed E-state index contributed by atoms with van der Waals surface area (Å²) in [5, 5.41) is 12.3. The molecule has 0 bridgehead atoms. The van der Waals surface area contributed by atoms with Crippen LogP contribution in [0.15, 0.2) is 16.8 Å². The van der Waals surface area contributed by atoms with Gasteiger partial charge in [0.1, 0.15) is 0 Å². The summed E-state index contributed by atoms with van der Waals surface area (Å²) in [4.78, 5) is 3.85. The Kier molecular flexibility index (Phi) is 4.59. The fraction of sp³-hybridized carbons (Fsp3) is 0.667. The number of hydrogen-bond acceptors (Lipinski definition) is 3. The summed E-state index contributed by atoms with van der Waals surface area (Å²) in [7, 11) is 1.73. The van der Waals surface area contributed by atoms with Gasteiger partial charge in [0, 0.05) is 26.0 Å². The van der Waals surface area contributed by atoms with Gasteiger partial charge in [-0.05, 0) is 26.3 Å². The second kappa shape index (κ2) is 4.93. The van der Waals surface area contributed by atoms with E-state index in [1.54, 1.807) is 27.1 Å². The third-order valence-corrected chi connectivity index (χ3v) is 1.20. The minimum atomic E-state index is -0.667. The average Bonchev–Trinajstić information content (AvgIpc) is 1.84. The van der Waals surface area contributed by atoms with Crippen LogP contribution >= 0.6 is 0 Å². The Labute approximate surface area is 74.2 Å². The molecule has 0 unspecified atom stereocenters. The highest BCUT2D eigenvalue weighted by Gasteiger charge is 2.09. The number of aliphatic hydroxyl groups is 1. The van der Waals surface area contributed by atoms with Crippen molar-refractivity contribution in [3.63, 3.8) is 0 Å². The van der Waals surface area contributed by atoms with Gasteiger partial charge in [-0.2, -0.15) is 0 Å². The summed E-state index contributed by atoms with van der Waals surface area (Å²) >= 11 is 0. The first-order valence-electron chi connectivity index (χ1n) is 4.00. The molecule has 0 aromatic carbocycles. The van der Waals surface area contributed by atoms with Gasteiger partial charge in [-0.15, -0.1) is 0 Å². The molecule has 0 heterocycles. The van der Waals surface area contributed by atoms with Crippen molar-refractivity contribution in [2.75, 3.05) is 13.6 Å². The Hall–Kier alpha value is -0.830. The molecule has 0 rings (SSSR count). The zero-order valence-corrected chi connectivity index (χ0v) is 8.26. The highest BCUT2D eigenvalue weighted by molar-refractivity contribution is 5.77. The van der Waals surface area contributed by atoms with E-state index < -0.39 is 5.60 Å². The monoisotopic (exact) mass is 170 g/mol. The minimum Gasteiger partial charge on any atom is -0.389 e. The van der Waals surface area contributed by atoms with Gasteiger partial charge in [0.15, 0.2) is 0 Å². The summed E-state index contributed by atoms with van der Waals surface area (Å²) in [5.41, 5.74) is 0.377. The molecule has 3 nitrogen and oxygen atoms in total. The lowest BCUT2D eigenvalue weighted by Gasteiger charge is -2.16. The van der Waals surface area contributed by atoms with Crippen LogP contribution in [0.1, 0.15) is 20.8 Å². The lowest BCUT2D eigenvalue weighted by Crippen LogP contribution is -2.32. The van der Waals surface area contributed by atoms with Crippen molar-refractivity contribution in [3.8, 4) is 0 Å². The lowest BCUT2D eigenvalue weighted by molar-refractivity contribution is 0.0835. The van der Waals surface area contributed by atoms with Crippen LogP contribution in [0.25, 0.3) is 0 Å². The van der Waals surface area contributed by atoms with E-state index in [4.69, 9.17) is 0 Å². The van der Waals surface area contributed by atoms with Crippen LogP contribution in [0.3, 0.4) is 0 Å². The third kappa shape index (κ3) is 7.28. The summed E-state index contributed by atoms with van der Waals surface area (Å²) in [5.74, 6) is 0. The van der Waals surface area contributed by atoms with E-state index >= 15 is 0 Å². The predicted octanol–water partition coefficient (Wildman–Crippen LogP) is 0.951. The molecular formula is C9H18N2O. The largest absolute Gasteiger partial charge is 0.389 e. The van der Waals surface area contributed by atoms with Crippen LogP contribution in [-0.2, 0) is 0 Å². The number of hydrogen-bond donors (Lipinski definition) is 2. The molecule has 12 heavy (non-hydrogen) atoms. The third-order valence-electron chi connectivity index (χ3n) is 1.20. The van der Waals surface area contributed by atoms with Gasteiger partial charge >= 0.3 is 0 Å². The molecule has 0 radical (unpaired) electrons. The van der Waals surface area contributed by atoms with E-state index in [0.29, 0.717) is 6.54 Å². The molecule has 0 spiro atoms. The maximum absolute atomic E-state index is 9.34. The molecule has 0 saturated carbocycles. The summed E-state index contributed by atoms with van der Waals surface area (Å²) < 4.78 is 0. The number of nitrogens with one attached hydrogen (secondary N) is 1. The molecule has 0 aliphatic rings. The topological polar surface area (TPSA) is 44.6 Å². The maximum atomic E-state index is 9.34. The molecule has 0 aliphatic carbocycles. The standard InChI is InChI=1S/C9H18N2O/c1-8(5-10-4)6-11-7-9(2,3)12/h5-6,11-12H,7H2,1-4H3/b8-6-,10-5?. The Morgan fingerprint density at radius 1 is 1.58 bits per heavy atom. The van der Waals surface area contributed by atoms with Crippen LogP contribution in [-0.4, -0.2) is 30.5 Å². The van der Waals surface area contributed by atoms with Crippen LogP contribution in [0.4, 0.5) is 0 Å². The number of allylic oxidation sites excluding steroid dienone is 1. The van der Waals surface area contributed by atoms with Gasteiger partial charge in [-0.3, -0.25) is 4.99 Å². The van der Waals surface area contributed by atoms with Crippen LogP contribution in [0, 0.1) is 0 Å². The van der Waals surface area contributed by atoms with Crippen molar-refractivity contribution in [1.29, 1.82) is 0 Å². The van der Waals surface area contributed by atoms with Gasteiger partial charge in [0.2, 0.25) is 0 Å². The predicted molar refractivity (Wildman–Crippen MR) is 52.5 cm³/mol. The first kappa shape index (κ1) is 11.2. The van der Waals surface area contributed by atoms with Crippen LogP contribution in [0.5, 0.6) is 0 Å². The lowest BCUT2D eigenvalue weighted by atomic mass is 10.1. The van der Waals surface area contributed by atoms with E-state index in [1.165, 1.54) is 0 Å². The Bertz CT molecular complexity index is 177. The first-order chi connectivity index (χ1) is 5.45. The van der Waals surface area contributed by atoms with E-state index in [9.17, 15) is 5.11 Å². The van der Waals surface area contributed by atoms with E-state index in [1.807, 2.05) is 13.1 Å². The molecule has 0 amide bonds. The van der Waals surface area contributed by atoms with Crippen LogP contribution < -0.4 is 5.32 Å². The van der Waals surface area contributed by atoms with Crippen molar-refractivity contribution >= 4 is 6.21 Å². The second-order valence-electron chi connectivity index (χ2n) is 3.47. The molecule has 3 heteroatoms. The van der Waals surface area contributed by atoms with E-state index in [0.717, 1.165) is 5.57 Å². The van der Waals surface area contributed by atoms with Crippen molar-refractivity contribution in [2.45, 2.75) is 26.4 Å². The van der Waals surface area contributed by atoms with Crippen molar-refractivity contribution < 1.29 is 5.11 Å². The van der Waals surface area contributed by atoms with E-state index in [2.05, 4.69) is 10.3 Å². The SMILES string of the molecule is CN=C/C(C)=C\NCC(C)(C)O. The van der Waals surface area contributed by atoms with Gasteiger partial charge < -0.3 is 10.4 Å². The fourth-order valence-corrected chi connectivity index (χ4v) is 0.703. The number of nitrogens with zero attached hydrogens (tertiary/aromatic N) is 1. The van der Waals surface area contributed by atoms with E-state index in [-0.39, 0.29) is 0 Å². The molecule has 2 N–H and O–H groups in total. The fourth-order valence-electron chi connectivity index (χ4n) is 0.703. The number of rotatable bonds is 4. The zero-order valence-electron chi connectivity index (χ0n) is 8.26. The quantitative estimate of drug-likeness (QED) is 0.617. The molecule has 0 aliphatic heterocycles. The zero-order chi connectivity index (χ0) is 9.61. The second-order valence-corrected chi connectivity index (χ2v) is 3.47. The highest BCUT2D eigenvalue weighted by atomic mass is 16.3. The molecule has 0 atom stereocenters. The van der Waals surface area contributed by atoms with Crippen molar-refractivity contribution in [1.82, 2.24) is 5.32 Å². The minimum absolute atomic E-state index is 0.544. The summed E-state index contributed by atoms with van der Waals surface area (Å²) in [6.45, 7) is 6.01. The highest BCUT2D eigenvalue weighted by Crippen LogP contribution is 1.97.